The average Bonchev–Trinajstić information content (AvgIpc) is 2.64. The summed E-state index contributed by atoms with van der Waals surface area (Å²) in [4.78, 5) is 16.4. The Hall–Kier alpha value is -3.67. The number of aromatic hydroxyl groups is 1. The second kappa shape index (κ2) is 7.74. The zero-order chi connectivity index (χ0) is 17.5. The molecule has 0 aliphatic carbocycles. The molecule has 0 aliphatic heterocycles. The molecule has 0 spiro atoms. The number of nitrogens with zero attached hydrogens (tertiary/aromatic N) is 2. The highest BCUT2D eigenvalue weighted by Crippen LogP contribution is 2.22. The number of phenolic OH excluding ortho intramolecular Hbond substituents is 1. The minimum atomic E-state index is -0.467. The summed E-state index contributed by atoms with van der Waals surface area (Å²) in [7, 11) is 0. The number of hydrazone groups is 1. The molecule has 0 saturated carbocycles. The number of aromatic nitrogens is 1. The van der Waals surface area contributed by atoms with Crippen LogP contribution in [0, 0.1) is 0 Å². The summed E-state index contributed by atoms with van der Waals surface area (Å²) >= 11 is 0. The third-order valence-electron chi connectivity index (χ3n) is 3.28. The Labute approximate surface area is 144 Å². The Balaban J connectivity index is 1.73. The zero-order valence-corrected chi connectivity index (χ0v) is 13.2. The van der Waals surface area contributed by atoms with Gasteiger partial charge in [-0.1, -0.05) is 30.3 Å². The Kier molecular flexibility index (Phi) is 5.01. The molecule has 2 aromatic carbocycles. The number of carbonyl (C=O) groups excluding carboxylic acids is 1. The molecule has 6 heteroatoms. The van der Waals surface area contributed by atoms with Crippen molar-refractivity contribution in [3.63, 3.8) is 0 Å². The van der Waals surface area contributed by atoms with E-state index in [2.05, 4.69) is 15.5 Å². The van der Waals surface area contributed by atoms with Crippen LogP contribution in [0.25, 0.3) is 0 Å². The largest absolute Gasteiger partial charge is 0.507 e. The van der Waals surface area contributed by atoms with Gasteiger partial charge in [0, 0.05) is 11.8 Å². The Morgan fingerprint density at radius 1 is 1.04 bits per heavy atom. The first-order chi connectivity index (χ1) is 12.2. The lowest BCUT2D eigenvalue weighted by Crippen LogP contribution is -2.18. The van der Waals surface area contributed by atoms with Gasteiger partial charge in [-0.05, 0) is 36.4 Å². The van der Waals surface area contributed by atoms with E-state index in [1.807, 2.05) is 18.2 Å². The van der Waals surface area contributed by atoms with Crippen LogP contribution in [0.3, 0.4) is 0 Å². The Bertz CT molecular complexity index is 895. The van der Waals surface area contributed by atoms with Gasteiger partial charge in [-0.25, -0.2) is 10.4 Å². The predicted octanol–water partition coefficient (Wildman–Crippen LogP) is 3.34. The summed E-state index contributed by atoms with van der Waals surface area (Å²) in [5, 5.41) is 13.5. The van der Waals surface area contributed by atoms with E-state index >= 15 is 0 Å². The van der Waals surface area contributed by atoms with E-state index in [0.717, 1.165) is 0 Å². The van der Waals surface area contributed by atoms with Crippen molar-refractivity contribution >= 4 is 12.1 Å². The number of phenols is 1. The molecule has 1 heterocycles. The van der Waals surface area contributed by atoms with Crippen LogP contribution in [0.1, 0.15) is 15.9 Å². The van der Waals surface area contributed by atoms with Crippen molar-refractivity contribution in [3.05, 3.63) is 84.1 Å². The summed E-state index contributed by atoms with van der Waals surface area (Å²) in [5.74, 6) is 0.373. The summed E-state index contributed by atoms with van der Waals surface area (Å²) in [5.41, 5.74) is 3.15. The number of nitrogens with one attached hydrogen (secondary N) is 1. The van der Waals surface area contributed by atoms with E-state index in [4.69, 9.17) is 4.74 Å². The maximum atomic E-state index is 12.3. The van der Waals surface area contributed by atoms with E-state index in [1.54, 1.807) is 48.7 Å². The van der Waals surface area contributed by atoms with Crippen LogP contribution in [0.5, 0.6) is 17.4 Å². The molecular weight excluding hydrogens is 318 g/mol. The lowest BCUT2D eigenvalue weighted by atomic mass is 10.2. The fourth-order valence-electron chi connectivity index (χ4n) is 2.06. The maximum absolute atomic E-state index is 12.3. The first-order valence-electron chi connectivity index (χ1n) is 7.53. The minimum absolute atomic E-state index is 0.0787. The molecule has 3 aromatic rings. The maximum Gasteiger partial charge on any atom is 0.276 e. The first kappa shape index (κ1) is 16.2. The van der Waals surface area contributed by atoms with Crippen LogP contribution in [0.15, 0.2) is 78.0 Å². The van der Waals surface area contributed by atoms with Crippen LogP contribution in [0.2, 0.25) is 0 Å². The van der Waals surface area contributed by atoms with E-state index in [0.29, 0.717) is 11.3 Å². The van der Waals surface area contributed by atoms with Crippen LogP contribution in [-0.2, 0) is 0 Å². The standard InChI is InChI=1S/C19H15N3O3/c23-17-11-5-4-7-14(17)13-21-22-18(24)16-10-6-12-20-19(16)25-15-8-2-1-3-9-15/h1-13,23H,(H,22,24)/b21-13+. The van der Waals surface area contributed by atoms with Gasteiger partial charge < -0.3 is 9.84 Å². The Morgan fingerprint density at radius 2 is 1.80 bits per heavy atom. The molecule has 124 valence electrons. The average molecular weight is 333 g/mol. The second-order valence-electron chi connectivity index (χ2n) is 5.03. The third-order valence-corrected chi connectivity index (χ3v) is 3.28. The zero-order valence-electron chi connectivity index (χ0n) is 13.2. The predicted molar refractivity (Wildman–Crippen MR) is 93.9 cm³/mol. The number of hydrogen-bond donors (Lipinski definition) is 2. The number of rotatable bonds is 5. The number of pyridine rings is 1. The number of para-hydroxylation sites is 2. The van der Waals surface area contributed by atoms with E-state index in [-0.39, 0.29) is 17.2 Å². The molecule has 25 heavy (non-hydrogen) atoms. The summed E-state index contributed by atoms with van der Waals surface area (Å²) in [6.45, 7) is 0. The van der Waals surface area contributed by atoms with Gasteiger partial charge in [0.05, 0.1) is 6.21 Å². The van der Waals surface area contributed by atoms with Crippen molar-refractivity contribution in [1.82, 2.24) is 10.4 Å². The quantitative estimate of drug-likeness (QED) is 0.554. The fourth-order valence-corrected chi connectivity index (χ4v) is 2.06. The summed E-state index contributed by atoms with van der Waals surface area (Å²) in [6.07, 6.45) is 2.90. The van der Waals surface area contributed by atoms with Gasteiger partial charge in [-0.3, -0.25) is 4.79 Å². The van der Waals surface area contributed by atoms with Gasteiger partial charge in [0.25, 0.3) is 5.91 Å². The number of ether oxygens (including phenoxy) is 1. The van der Waals surface area contributed by atoms with Gasteiger partial charge in [-0.15, -0.1) is 0 Å². The van der Waals surface area contributed by atoms with Crippen LogP contribution < -0.4 is 10.2 Å². The fraction of sp³-hybridized carbons (Fsp3) is 0. The van der Waals surface area contributed by atoms with Crippen LogP contribution in [0.4, 0.5) is 0 Å². The molecule has 0 unspecified atom stereocenters. The van der Waals surface area contributed by atoms with Crippen molar-refractivity contribution in [2.45, 2.75) is 0 Å². The molecule has 0 radical (unpaired) electrons. The molecule has 3 rings (SSSR count). The molecule has 1 amide bonds. The van der Waals surface area contributed by atoms with Crippen LogP contribution >= 0.6 is 0 Å². The first-order valence-corrected chi connectivity index (χ1v) is 7.53. The summed E-state index contributed by atoms with van der Waals surface area (Å²) in [6, 6.07) is 19.0. The topological polar surface area (TPSA) is 83.8 Å². The highest BCUT2D eigenvalue weighted by Gasteiger charge is 2.13. The monoisotopic (exact) mass is 333 g/mol. The minimum Gasteiger partial charge on any atom is -0.507 e. The number of hydrogen-bond acceptors (Lipinski definition) is 5. The molecule has 1 aromatic heterocycles. The number of carbonyl (C=O) groups is 1. The van der Waals surface area contributed by atoms with E-state index < -0.39 is 5.91 Å². The molecule has 0 bridgehead atoms. The van der Waals surface area contributed by atoms with Crippen molar-refractivity contribution in [1.29, 1.82) is 0 Å². The number of amides is 1. The third kappa shape index (κ3) is 4.20. The number of benzene rings is 2. The van der Waals surface area contributed by atoms with Gasteiger partial charge >= 0.3 is 0 Å². The highest BCUT2D eigenvalue weighted by molar-refractivity contribution is 5.97. The van der Waals surface area contributed by atoms with E-state index in [1.165, 1.54) is 12.3 Å². The normalized spacial score (nSPS) is 10.6. The Morgan fingerprint density at radius 3 is 2.60 bits per heavy atom. The van der Waals surface area contributed by atoms with E-state index in [9.17, 15) is 9.90 Å². The van der Waals surface area contributed by atoms with Crippen molar-refractivity contribution < 1.29 is 14.6 Å². The lowest BCUT2D eigenvalue weighted by Gasteiger charge is -2.08. The van der Waals surface area contributed by atoms with Crippen molar-refractivity contribution in [2.24, 2.45) is 5.10 Å². The van der Waals surface area contributed by atoms with Gasteiger partial charge in [-0.2, -0.15) is 5.10 Å². The van der Waals surface area contributed by atoms with Gasteiger partial charge in [0.15, 0.2) is 0 Å². The smallest absolute Gasteiger partial charge is 0.276 e. The van der Waals surface area contributed by atoms with Crippen molar-refractivity contribution in [2.75, 3.05) is 0 Å². The summed E-state index contributed by atoms with van der Waals surface area (Å²) < 4.78 is 5.65. The molecule has 0 fully saturated rings. The van der Waals surface area contributed by atoms with Gasteiger partial charge in [0.1, 0.15) is 17.1 Å². The SMILES string of the molecule is O=C(N/N=C/c1ccccc1O)c1cccnc1Oc1ccccc1. The molecule has 0 aliphatic rings. The van der Waals surface area contributed by atoms with Crippen molar-refractivity contribution in [3.8, 4) is 17.4 Å². The molecule has 6 nitrogen and oxygen atoms in total. The molecular formula is C19H15N3O3. The van der Waals surface area contributed by atoms with Crippen LogP contribution in [-0.4, -0.2) is 22.2 Å². The second-order valence-corrected chi connectivity index (χ2v) is 5.03. The molecule has 0 atom stereocenters. The molecule has 2 N–H and O–H groups in total. The van der Waals surface area contributed by atoms with Gasteiger partial charge in [0.2, 0.25) is 5.88 Å². The lowest BCUT2D eigenvalue weighted by molar-refractivity contribution is 0.0952. The molecule has 0 saturated heterocycles. The highest BCUT2D eigenvalue weighted by atomic mass is 16.5.